The van der Waals surface area contributed by atoms with E-state index in [1.165, 1.54) is 12.1 Å². The summed E-state index contributed by atoms with van der Waals surface area (Å²) < 4.78 is 13.6. The van der Waals surface area contributed by atoms with Crippen LogP contribution in [-0.2, 0) is 0 Å². The van der Waals surface area contributed by atoms with Gasteiger partial charge in [0.05, 0.1) is 4.87 Å². The van der Waals surface area contributed by atoms with Crippen molar-refractivity contribution in [3.63, 3.8) is 0 Å². The summed E-state index contributed by atoms with van der Waals surface area (Å²) in [5.41, 5.74) is 2.26. The van der Waals surface area contributed by atoms with Crippen molar-refractivity contribution < 1.29 is 14.0 Å². The fourth-order valence-corrected chi connectivity index (χ4v) is 5.53. The number of anilines is 1. The second-order valence-corrected chi connectivity index (χ2v) is 9.01. The van der Waals surface area contributed by atoms with Gasteiger partial charge in [0.1, 0.15) is 5.82 Å². The molecule has 3 amide bonds. The van der Waals surface area contributed by atoms with E-state index in [0.29, 0.717) is 38.0 Å². The molecule has 0 saturated carbocycles. The Morgan fingerprint density at radius 3 is 2.55 bits per heavy atom. The number of aryl methyl sites for hydroxylation is 1. The van der Waals surface area contributed by atoms with Gasteiger partial charge in [-0.25, -0.2) is 9.18 Å². The molecule has 5 nitrogen and oxygen atoms in total. The van der Waals surface area contributed by atoms with E-state index in [4.69, 9.17) is 0 Å². The van der Waals surface area contributed by atoms with Crippen LogP contribution < -0.4 is 5.32 Å². The van der Waals surface area contributed by atoms with E-state index in [1.54, 1.807) is 28.8 Å². The summed E-state index contributed by atoms with van der Waals surface area (Å²) in [6, 6.07) is 13.5. The Morgan fingerprint density at radius 2 is 1.83 bits per heavy atom. The Hall–Kier alpha value is -2.54. The summed E-state index contributed by atoms with van der Waals surface area (Å²) in [6.07, 6.45) is 1.42. The molecule has 0 radical (unpaired) electrons. The summed E-state index contributed by atoms with van der Waals surface area (Å²) in [5, 5.41) is 2.96. The third kappa shape index (κ3) is 4.10. The predicted octanol–water partition coefficient (Wildman–Crippen LogP) is 4.35. The standard InChI is InChI=1S/C22H24FN3O2S/c1-16-4-2-7-19(14-16)24-21(28)25-10-8-22(9-11-25)26(12-13-29-22)20(27)17-5-3-6-18(23)15-17/h2-7,14-15H,8-13H2,1H3,(H,24,28). The molecule has 2 aromatic rings. The van der Waals surface area contributed by atoms with E-state index in [2.05, 4.69) is 5.32 Å². The predicted molar refractivity (Wildman–Crippen MR) is 114 cm³/mol. The van der Waals surface area contributed by atoms with Crippen molar-refractivity contribution in [1.29, 1.82) is 0 Å². The van der Waals surface area contributed by atoms with Gasteiger partial charge in [-0.15, -0.1) is 11.8 Å². The van der Waals surface area contributed by atoms with Gasteiger partial charge in [0, 0.05) is 36.6 Å². The smallest absolute Gasteiger partial charge is 0.321 e. The van der Waals surface area contributed by atoms with E-state index in [1.807, 2.05) is 36.1 Å². The number of urea groups is 1. The summed E-state index contributed by atoms with van der Waals surface area (Å²) in [5.74, 6) is 0.322. The van der Waals surface area contributed by atoms with Crippen molar-refractivity contribution in [2.75, 3.05) is 30.7 Å². The molecular formula is C22H24FN3O2S. The van der Waals surface area contributed by atoms with Gasteiger partial charge >= 0.3 is 6.03 Å². The molecule has 0 aliphatic carbocycles. The van der Waals surface area contributed by atoms with Gasteiger partial charge in [-0.05, 0) is 55.7 Å². The minimum Gasteiger partial charge on any atom is -0.324 e. The molecule has 2 fully saturated rings. The molecule has 7 heteroatoms. The van der Waals surface area contributed by atoms with Crippen molar-refractivity contribution >= 4 is 29.4 Å². The first-order chi connectivity index (χ1) is 14.0. The lowest BCUT2D eigenvalue weighted by Crippen LogP contribution is -2.54. The van der Waals surface area contributed by atoms with E-state index in [-0.39, 0.29) is 16.8 Å². The van der Waals surface area contributed by atoms with Crippen LogP contribution in [0.25, 0.3) is 0 Å². The number of nitrogens with one attached hydrogen (secondary N) is 1. The van der Waals surface area contributed by atoms with Crippen molar-refractivity contribution in [3.05, 3.63) is 65.5 Å². The fraction of sp³-hybridized carbons (Fsp3) is 0.364. The van der Waals surface area contributed by atoms with Gasteiger partial charge in [-0.1, -0.05) is 18.2 Å². The zero-order chi connectivity index (χ0) is 20.4. The molecule has 0 unspecified atom stereocenters. The first-order valence-electron chi connectivity index (χ1n) is 9.81. The number of hydrogen-bond acceptors (Lipinski definition) is 3. The van der Waals surface area contributed by atoms with Crippen LogP contribution in [0.1, 0.15) is 28.8 Å². The SMILES string of the molecule is Cc1cccc(NC(=O)N2CCC3(CC2)SCCN3C(=O)c2cccc(F)c2)c1. The monoisotopic (exact) mass is 413 g/mol. The summed E-state index contributed by atoms with van der Waals surface area (Å²) >= 11 is 1.77. The van der Waals surface area contributed by atoms with Gasteiger partial charge in [0.15, 0.2) is 0 Å². The molecule has 2 saturated heterocycles. The molecule has 1 spiro atoms. The number of benzene rings is 2. The highest BCUT2D eigenvalue weighted by Gasteiger charge is 2.47. The summed E-state index contributed by atoms with van der Waals surface area (Å²) in [6.45, 7) is 3.80. The van der Waals surface area contributed by atoms with E-state index in [0.717, 1.165) is 17.0 Å². The first-order valence-corrected chi connectivity index (χ1v) is 10.8. The normalized spacial score (nSPS) is 18.1. The largest absolute Gasteiger partial charge is 0.324 e. The average Bonchev–Trinajstić information content (AvgIpc) is 3.11. The number of piperidine rings is 1. The molecule has 2 aromatic carbocycles. The molecule has 1 N–H and O–H groups in total. The Labute approximate surface area is 174 Å². The van der Waals surface area contributed by atoms with Crippen molar-refractivity contribution in [1.82, 2.24) is 9.80 Å². The molecule has 2 heterocycles. The van der Waals surface area contributed by atoms with Gasteiger partial charge in [-0.2, -0.15) is 0 Å². The number of halogens is 1. The molecule has 0 atom stereocenters. The van der Waals surface area contributed by atoms with Gasteiger partial charge in [-0.3, -0.25) is 4.79 Å². The number of nitrogens with zero attached hydrogens (tertiary/aromatic N) is 2. The van der Waals surface area contributed by atoms with Crippen LogP contribution in [0.5, 0.6) is 0 Å². The number of hydrogen-bond donors (Lipinski definition) is 1. The van der Waals surface area contributed by atoms with Gasteiger partial charge in [0.25, 0.3) is 5.91 Å². The van der Waals surface area contributed by atoms with Gasteiger partial charge in [0.2, 0.25) is 0 Å². The molecular weight excluding hydrogens is 389 g/mol. The van der Waals surface area contributed by atoms with Crippen LogP contribution in [0.3, 0.4) is 0 Å². The van der Waals surface area contributed by atoms with Crippen LogP contribution in [0, 0.1) is 12.7 Å². The number of thioether (sulfide) groups is 1. The lowest BCUT2D eigenvalue weighted by molar-refractivity contribution is 0.0585. The van der Waals surface area contributed by atoms with Crippen LogP contribution in [0.4, 0.5) is 14.9 Å². The Bertz CT molecular complexity index is 928. The fourth-order valence-electron chi connectivity index (χ4n) is 4.07. The topological polar surface area (TPSA) is 52.7 Å². The maximum atomic E-state index is 13.6. The quantitative estimate of drug-likeness (QED) is 0.797. The molecule has 29 heavy (non-hydrogen) atoms. The summed E-state index contributed by atoms with van der Waals surface area (Å²) in [7, 11) is 0. The van der Waals surface area contributed by atoms with E-state index < -0.39 is 5.82 Å². The second kappa shape index (κ2) is 8.06. The number of likely N-dealkylation sites (tertiary alicyclic amines) is 1. The van der Waals surface area contributed by atoms with Crippen LogP contribution in [0.15, 0.2) is 48.5 Å². The third-order valence-corrected chi connectivity index (χ3v) is 7.15. The molecule has 152 valence electrons. The lowest BCUT2D eigenvalue weighted by atomic mass is 10.0. The van der Waals surface area contributed by atoms with Crippen molar-refractivity contribution in [3.8, 4) is 0 Å². The van der Waals surface area contributed by atoms with Crippen LogP contribution in [-0.4, -0.2) is 52.0 Å². The van der Waals surface area contributed by atoms with E-state index >= 15 is 0 Å². The Kier molecular flexibility index (Phi) is 5.50. The number of amides is 3. The number of carbonyl (C=O) groups excluding carboxylic acids is 2. The number of carbonyl (C=O) groups is 2. The second-order valence-electron chi connectivity index (χ2n) is 7.55. The highest BCUT2D eigenvalue weighted by atomic mass is 32.2. The minimum absolute atomic E-state index is 0.114. The maximum absolute atomic E-state index is 13.6. The van der Waals surface area contributed by atoms with Crippen molar-refractivity contribution in [2.45, 2.75) is 24.6 Å². The molecule has 0 aromatic heterocycles. The third-order valence-electron chi connectivity index (χ3n) is 5.60. The van der Waals surface area contributed by atoms with Crippen molar-refractivity contribution in [2.24, 2.45) is 0 Å². The molecule has 2 aliphatic rings. The molecule has 2 aliphatic heterocycles. The van der Waals surface area contributed by atoms with Gasteiger partial charge < -0.3 is 15.1 Å². The highest BCUT2D eigenvalue weighted by molar-refractivity contribution is 8.00. The Morgan fingerprint density at radius 1 is 1.07 bits per heavy atom. The maximum Gasteiger partial charge on any atom is 0.321 e. The highest BCUT2D eigenvalue weighted by Crippen LogP contribution is 2.44. The minimum atomic E-state index is -0.403. The first kappa shape index (κ1) is 19.8. The van der Waals surface area contributed by atoms with Crippen LogP contribution >= 0.6 is 11.8 Å². The zero-order valence-corrected chi connectivity index (χ0v) is 17.2. The summed E-state index contributed by atoms with van der Waals surface area (Å²) in [4.78, 5) is 29.0. The lowest BCUT2D eigenvalue weighted by Gasteiger charge is -2.44. The zero-order valence-electron chi connectivity index (χ0n) is 16.4. The molecule has 0 bridgehead atoms. The average molecular weight is 414 g/mol. The van der Waals surface area contributed by atoms with Crippen LogP contribution in [0.2, 0.25) is 0 Å². The van der Waals surface area contributed by atoms with E-state index in [9.17, 15) is 14.0 Å². The number of rotatable bonds is 2. The molecule has 4 rings (SSSR count). The Balaban J connectivity index is 1.42.